The molecule has 2 N–H and O–H groups in total. The standard InChI is InChI=1S/C31H29N3O9S/c1-11-5-14-6-15-16(8-32)34-23(22(33-15)19(14)24(37)25(11)39-4)29-20-21(31(34)7-18(31)43-30(38)17(36)9-44-29)28-27(40-10-41-28)12(2)26(20)42-13(3)35/h5,15-16,18,22-23,29,33,37H,6-7,9-10H2,1-4H3/t15?,16-,18?,22?,23?,29+,31?/m0/s1. The number of rotatable bonds is 2. The Morgan fingerprint density at radius 1 is 1.23 bits per heavy atom. The van der Waals surface area contributed by atoms with E-state index in [-0.39, 0.29) is 24.3 Å². The number of piperazine rings is 1. The smallest absolute Gasteiger partial charge is 0.375 e. The van der Waals surface area contributed by atoms with Crippen LogP contribution < -0.4 is 24.3 Å². The van der Waals surface area contributed by atoms with E-state index < -0.39 is 52.7 Å². The summed E-state index contributed by atoms with van der Waals surface area (Å²) in [6, 6.07) is 2.46. The van der Waals surface area contributed by atoms with Gasteiger partial charge in [-0.2, -0.15) is 5.26 Å². The normalized spacial score (nSPS) is 32.3. The van der Waals surface area contributed by atoms with Crippen LogP contribution in [0.2, 0.25) is 0 Å². The Balaban J connectivity index is 1.47. The lowest BCUT2D eigenvalue weighted by molar-refractivity contribution is -0.156. The highest BCUT2D eigenvalue weighted by atomic mass is 32.2. The fourth-order valence-corrected chi connectivity index (χ4v) is 9.63. The topological polar surface area (TPSA) is 157 Å². The Morgan fingerprint density at radius 3 is 2.73 bits per heavy atom. The first-order valence-electron chi connectivity index (χ1n) is 14.5. The lowest BCUT2D eigenvalue weighted by Gasteiger charge is -2.59. The van der Waals surface area contributed by atoms with Crippen LogP contribution in [0.4, 0.5) is 0 Å². The molecular formula is C31H29N3O9S. The Bertz CT molecular complexity index is 1750. The van der Waals surface area contributed by atoms with Gasteiger partial charge in [0.15, 0.2) is 23.0 Å². The number of thioether (sulfide) groups is 1. The number of carbonyl (C=O) groups is 3. The van der Waals surface area contributed by atoms with Gasteiger partial charge in [-0.15, -0.1) is 11.8 Å². The Kier molecular flexibility index (Phi) is 5.80. The molecule has 3 fully saturated rings. The molecule has 7 atom stereocenters. The predicted molar refractivity (Wildman–Crippen MR) is 153 cm³/mol. The minimum Gasteiger partial charge on any atom is -0.504 e. The molecule has 5 unspecified atom stereocenters. The Labute approximate surface area is 256 Å². The molecule has 5 aliphatic heterocycles. The number of benzene rings is 2. The summed E-state index contributed by atoms with van der Waals surface area (Å²) in [5.41, 5.74) is 3.13. The number of aryl methyl sites for hydroxylation is 1. The average Bonchev–Trinajstić information content (AvgIpc) is 3.44. The molecule has 0 amide bonds. The van der Waals surface area contributed by atoms with Gasteiger partial charge in [-0.1, -0.05) is 6.07 Å². The van der Waals surface area contributed by atoms with Gasteiger partial charge in [0.25, 0.3) is 0 Å². The number of nitrogens with zero attached hydrogens (tertiary/aromatic N) is 2. The zero-order valence-electron chi connectivity index (χ0n) is 24.4. The summed E-state index contributed by atoms with van der Waals surface area (Å²) in [6.07, 6.45) is -0.0146. The van der Waals surface area contributed by atoms with E-state index in [1.165, 1.54) is 25.8 Å². The molecular weight excluding hydrogens is 590 g/mol. The highest BCUT2D eigenvalue weighted by molar-refractivity contribution is 8.00. The summed E-state index contributed by atoms with van der Waals surface area (Å²) in [4.78, 5) is 40.6. The van der Waals surface area contributed by atoms with Crippen LogP contribution in [0.3, 0.4) is 0 Å². The molecule has 2 aromatic rings. The van der Waals surface area contributed by atoms with Crippen molar-refractivity contribution in [1.29, 1.82) is 5.26 Å². The fourth-order valence-electron chi connectivity index (χ4n) is 8.31. The number of hydrogen-bond donors (Lipinski definition) is 2. The average molecular weight is 620 g/mol. The lowest BCUT2D eigenvalue weighted by atomic mass is 9.71. The third-order valence-electron chi connectivity index (χ3n) is 9.90. The molecule has 4 bridgehead atoms. The Hall–Kier alpha value is -3.99. The number of ether oxygens (including phenoxy) is 5. The first kappa shape index (κ1) is 27.6. The van der Waals surface area contributed by atoms with Crippen LogP contribution in [0, 0.1) is 25.2 Å². The molecule has 2 aromatic carbocycles. The van der Waals surface area contributed by atoms with E-state index in [0.29, 0.717) is 58.1 Å². The zero-order valence-corrected chi connectivity index (χ0v) is 25.2. The van der Waals surface area contributed by atoms with Crippen LogP contribution >= 0.6 is 11.8 Å². The van der Waals surface area contributed by atoms with Gasteiger partial charge in [0.2, 0.25) is 12.6 Å². The highest BCUT2D eigenvalue weighted by Crippen LogP contribution is 2.70. The van der Waals surface area contributed by atoms with Crippen molar-refractivity contribution in [2.45, 2.75) is 74.7 Å². The van der Waals surface area contributed by atoms with E-state index in [1.807, 2.05) is 13.0 Å². The number of ketones is 1. The quantitative estimate of drug-likeness (QED) is 0.287. The summed E-state index contributed by atoms with van der Waals surface area (Å²) < 4.78 is 29.4. The number of nitrogens with one attached hydrogen (secondary N) is 1. The number of carbonyl (C=O) groups excluding carboxylic acids is 3. The van der Waals surface area contributed by atoms with Gasteiger partial charge >= 0.3 is 11.9 Å². The SMILES string of the molecule is COc1c(C)cc2c(c1O)C1NC(C2)[C@H](C#N)N2C1[C@@H]1SCC(=O)C(=O)OC3CC32c2c3c(c(C)c(OC(C)=O)c21)OCO3. The number of phenolic OH excluding ortho intramolecular Hbond substituents is 1. The van der Waals surface area contributed by atoms with Crippen molar-refractivity contribution in [1.82, 2.24) is 10.2 Å². The Morgan fingerprint density at radius 2 is 2.00 bits per heavy atom. The van der Waals surface area contributed by atoms with Crippen LogP contribution in [0.15, 0.2) is 6.07 Å². The molecule has 1 saturated carbocycles. The number of fused-ring (bicyclic) bond motifs is 8. The highest BCUT2D eigenvalue weighted by Gasteiger charge is 2.74. The minimum absolute atomic E-state index is 0.0152. The van der Waals surface area contributed by atoms with Crippen molar-refractivity contribution in [2.75, 3.05) is 19.7 Å². The fraction of sp³-hybridized carbons (Fsp3) is 0.484. The molecule has 1 spiro atoms. The molecule has 6 aliphatic rings. The first-order valence-corrected chi connectivity index (χ1v) is 15.5. The monoisotopic (exact) mass is 619 g/mol. The van der Waals surface area contributed by atoms with Gasteiger partial charge in [-0.05, 0) is 31.4 Å². The number of phenols is 1. The molecule has 5 heterocycles. The summed E-state index contributed by atoms with van der Waals surface area (Å²) in [5.74, 6) is -0.760. The lowest BCUT2D eigenvalue weighted by Crippen LogP contribution is -2.71. The van der Waals surface area contributed by atoms with Crippen LogP contribution in [0.25, 0.3) is 0 Å². The number of aromatic hydroxyl groups is 1. The first-order chi connectivity index (χ1) is 21.1. The van der Waals surface area contributed by atoms with Gasteiger partial charge < -0.3 is 34.1 Å². The third-order valence-corrected chi connectivity index (χ3v) is 11.2. The summed E-state index contributed by atoms with van der Waals surface area (Å²) >= 11 is 1.22. The van der Waals surface area contributed by atoms with E-state index in [0.717, 1.165) is 11.1 Å². The van der Waals surface area contributed by atoms with Crippen molar-refractivity contribution in [3.05, 3.63) is 39.4 Å². The van der Waals surface area contributed by atoms with E-state index in [4.69, 9.17) is 23.7 Å². The molecule has 8 rings (SSSR count). The van der Waals surface area contributed by atoms with Gasteiger partial charge in [0.05, 0.1) is 35.8 Å². The number of methoxy groups -OCH3 is 1. The predicted octanol–water partition coefficient (Wildman–Crippen LogP) is 2.39. The van der Waals surface area contributed by atoms with Crippen LogP contribution in [-0.2, 0) is 31.1 Å². The summed E-state index contributed by atoms with van der Waals surface area (Å²) in [6.45, 7) is 4.92. The minimum atomic E-state index is -1.08. The second kappa shape index (κ2) is 9.26. The summed E-state index contributed by atoms with van der Waals surface area (Å²) in [5, 5.41) is 25.5. The summed E-state index contributed by atoms with van der Waals surface area (Å²) in [7, 11) is 1.51. The molecule has 2 saturated heterocycles. The number of nitriles is 1. The van der Waals surface area contributed by atoms with Crippen molar-refractivity contribution in [3.8, 4) is 34.8 Å². The van der Waals surface area contributed by atoms with Crippen molar-refractivity contribution in [2.24, 2.45) is 0 Å². The van der Waals surface area contributed by atoms with E-state index >= 15 is 0 Å². The number of Topliss-reactive ketones (excluding diaryl/α,β-unsaturated/α-hetero) is 1. The maximum Gasteiger partial charge on any atom is 0.375 e. The molecule has 44 heavy (non-hydrogen) atoms. The number of hydrogen-bond acceptors (Lipinski definition) is 13. The molecule has 13 heteroatoms. The van der Waals surface area contributed by atoms with Crippen LogP contribution in [0.5, 0.6) is 28.7 Å². The molecule has 228 valence electrons. The number of esters is 2. The molecule has 0 aromatic heterocycles. The van der Waals surface area contributed by atoms with Crippen molar-refractivity contribution in [3.63, 3.8) is 0 Å². The maximum absolute atomic E-state index is 13.0. The van der Waals surface area contributed by atoms with E-state index in [1.54, 1.807) is 6.92 Å². The van der Waals surface area contributed by atoms with Crippen LogP contribution in [-0.4, -0.2) is 71.6 Å². The zero-order chi connectivity index (χ0) is 30.8. The molecule has 12 nitrogen and oxygen atoms in total. The molecule has 0 radical (unpaired) electrons. The second-order valence-corrected chi connectivity index (χ2v) is 13.3. The maximum atomic E-state index is 13.0. The molecule has 1 aliphatic carbocycles. The van der Waals surface area contributed by atoms with Gasteiger partial charge in [0, 0.05) is 47.7 Å². The van der Waals surface area contributed by atoms with E-state index in [2.05, 4.69) is 16.3 Å². The second-order valence-electron chi connectivity index (χ2n) is 12.2. The van der Waals surface area contributed by atoms with Gasteiger partial charge in [0.1, 0.15) is 17.9 Å². The van der Waals surface area contributed by atoms with Gasteiger partial charge in [-0.25, -0.2) is 4.79 Å². The van der Waals surface area contributed by atoms with Gasteiger partial charge in [-0.3, -0.25) is 14.5 Å². The van der Waals surface area contributed by atoms with Crippen molar-refractivity contribution >= 4 is 29.5 Å². The van der Waals surface area contributed by atoms with Crippen LogP contribution in [0.1, 0.15) is 58.0 Å². The van der Waals surface area contributed by atoms with E-state index in [9.17, 15) is 24.8 Å². The largest absolute Gasteiger partial charge is 0.504 e. The third kappa shape index (κ3) is 3.39. The van der Waals surface area contributed by atoms with Crippen molar-refractivity contribution < 1.29 is 43.2 Å².